The second-order valence-corrected chi connectivity index (χ2v) is 2.22. The first-order valence-corrected chi connectivity index (χ1v) is 3.11. The first-order chi connectivity index (χ1) is 5.15. The van der Waals surface area contributed by atoms with Crippen LogP contribution in [0.25, 0.3) is 0 Å². The maximum Gasteiger partial charge on any atom is 0.347 e. The van der Waals surface area contributed by atoms with Gasteiger partial charge in [-0.2, -0.15) is 0 Å². The number of carbonyl (C=O) groups is 2. The Hall–Kier alpha value is -1.32. The molecule has 1 saturated heterocycles. The molecule has 4 nitrogen and oxygen atoms in total. The third-order valence-corrected chi connectivity index (χ3v) is 1.43. The smallest absolute Gasteiger partial charge is 0.347 e. The highest BCUT2D eigenvalue weighted by Crippen LogP contribution is 2.18. The molecule has 0 aromatic carbocycles. The molecule has 0 N–H and O–H groups in total. The Morgan fingerprint density at radius 3 is 2.82 bits per heavy atom. The van der Waals surface area contributed by atoms with Crippen molar-refractivity contribution in [2.45, 2.75) is 12.5 Å². The van der Waals surface area contributed by atoms with Gasteiger partial charge in [-0.3, -0.25) is 0 Å². The van der Waals surface area contributed by atoms with E-state index < -0.39 is 18.0 Å². The molecule has 1 atom stereocenters. The summed E-state index contributed by atoms with van der Waals surface area (Å²) in [6, 6.07) is 0. The zero-order valence-corrected chi connectivity index (χ0v) is 6.12. The van der Waals surface area contributed by atoms with Crippen molar-refractivity contribution in [1.29, 1.82) is 0 Å². The molecule has 0 aromatic rings. The Morgan fingerprint density at radius 2 is 2.45 bits per heavy atom. The van der Waals surface area contributed by atoms with Crippen LogP contribution in [0.1, 0.15) is 6.42 Å². The van der Waals surface area contributed by atoms with E-state index in [1.54, 1.807) is 0 Å². The van der Waals surface area contributed by atoms with Crippen LogP contribution in [0.5, 0.6) is 0 Å². The van der Waals surface area contributed by atoms with Gasteiger partial charge >= 0.3 is 11.9 Å². The molecule has 60 valence electrons. The Bertz CT molecular complexity index is 202. The minimum absolute atomic E-state index is 0.242. The van der Waals surface area contributed by atoms with Gasteiger partial charge in [0.1, 0.15) is 0 Å². The zero-order valence-electron chi connectivity index (χ0n) is 6.12. The van der Waals surface area contributed by atoms with E-state index in [2.05, 4.69) is 16.1 Å². The average molecular weight is 156 g/mol. The van der Waals surface area contributed by atoms with Crippen molar-refractivity contribution < 1.29 is 19.1 Å². The molecule has 1 aliphatic rings. The predicted molar refractivity (Wildman–Crippen MR) is 35.7 cm³/mol. The Morgan fingerprint density at radius 1 is 1.82 bits per heavy atom. The van der Waals surface area contributed by atoms with Crippen LogP contribution in [0.15, 0.2) is 12.2 Å². The fraction of sp³-hybridized carbons (Fsp3) is 0.429. The molecule has 1 heterocycles. The Kier molecular flexibility index (Phi) is 1.94. The predicted octanol–water partition coefficient (Wildman–Crippen LogP) is 0.0311. The molecule has 4 heteroatoms. The number of rotatable bonds is 1. The summed E-state index contributed by atoms with van der Waals surface area (Å²) in [5, 5.41) is 0. The summed E-state index contributed by atoms with van der Waals surface area (Å²) in [5.74, 6) is -1.04. The lowest BCUT2D eigenvalue weighted by atomic mass is 10.2. The van der Waals surface area contributed by atoms with Gasteiger partial charge in [-0.1, -0.05) is 6.58 Å². The third-order valence-electron chi connectivity index (χ3n) is 1.43. The molecule has 0 aliphatic carbocycles. The lowest BCUT2D eigenvalue weighted by molar-refractivity contribution is -0.158. The lowest BCUT2D eigenvalue weighted by Gasteiger charge is -2.03. The van der Waals surface area contributed by atoms with Crippen LogP contribution in [0.4, 0.5) is 0 Å². The molecule has 0 amide bonds. The molecule has 1 aliphatic heterocycles. The van der Waals surface area contributed by atoms with Crippen LogP contribution in [0, 0.1) is 0 Å². The number of esters is 2. The third kappa shape index (κ3) is 1.39. The van der Waals surface area contributed by atoms with E-state index in [-0.39, 0.29) is 6.42 Å². The highest BCUT2D eigenvalue weighted by molar-refractivity contribution is 5.94. The fourth-order valence-corrected chi connectivity index (χ4v) is 0.824. The number of methoxy groups -OCH3 is 1. The lowest BCUT2D eigenvalue weighted by Crippen LogP contribution is -2.21. The summed E-state index contributed by atoms with van der Waals surface area (Å²) in [4.78, 5) is 21.4. The number of hydrogen-bond acceptors (Lipinski definition) is 4. The SMILES string of the molecule is C=C1C[C@H](C(=O)OC)OC1=O. The first kappa shape index (κ1) is 7.78. The van der Waals surface area contributed by atoms with Crippen LogP contribution in [-0.4, -0.2) is 25.2 Å². The van der Waals surface area contributed by atoms with Crippen molar-refractivity contribution in [2.24, 2.45) is 0 Å². The van der Waals surface area contributed by atoms with Crippen LogP contribution >= 0.6 is 0 Å². The van der Waals surface area contributed by atoms with Crippen molar-refractivity contribution in [1.82, 2.24) is 0 Å². The van der Waals surface area contributed by atoms with Crippen LogP contribution in [0.3, 0.4) is 0 Å². The number of ether oxygens (including phenoxy) is 2. The minimum atomic E-state index is -0.778. The molecule has 0 unspecified atom stereocenters. The summed E-state index contributed by atoms with van der Waals surface area (Å²) >= 11 is 0. The van der Waals surface area contributed by atoms with Crippen molar-refractivity contribution >= 4 is 11.9 Å². The maximum absolute atomic E-state index is 10.8. The molecule has 0 aromatic heterocycles. The molecule has 0 saturated carbocycles. The maximum atomic E-state index is 10.8. The van der Waals surface area contributed by atoms with Gasteiger partial charge in [-0.05, 0) is 0 Å². The van der Waals surface area contributed by atoms with Crippen molar-refractivity contribution in [2.75, 3.05) is 7.11 Å². The molecular formula is C7H8O4. The van der Waals surface area contributed by atoms with E-state index in [1.807, 2.05) is 0 Å². The van der Waals surface area contributed by atoms with Gasteiger partial charge < -0.3 is 9.47 Å². The van der Waals surface area contributed by atoms with E-state index in [1.165, 1.54) is 7.11 Å². The topological polar surface area (TPSA) is 52.6 Å². The normalized spacial score (nSPS) is 23.2. The minimum Gasteiger partial charge on any atom is -0.466 e. The summed E-state index contributed by atoms with van der Waals surface area (Å²) in [6.45, 7) is 3.42. The molecule has 1 rings (SSSR count). The molecule has 1 fully saturated rings. The van der Waals surface area contributed by atoms with Crippen LogP contribution in [0.2, 0.25) is 0 Å². The van der Waals surface area contributed by atoms with Crippen molar-refractivity contribution in [3.8, 4) is 0 Å². The summed E-state index contributed by atoms with van der Waals surface area (Å²) in [6.07, 6.45) is -0.536. The van der Waals surface area contributed by atoms with Gasteiger partial charge in [0.25, 0.3) is 0 Å². The first-order valence-electron chi connectivity index (χ1n) is 3.11. The van der Waals surface area contributed by atoms with Crippen molar-refractivity contribution in [3.63, 3.8) is 0 Å². The fourth-order valence-electron chi connectivity index (χ4n) is 0.824. The molecule has 0 spiro atoms. The monoisotopic (exact) mass is 156 g/mol. The van der Waals surface area contributed by atoms with Gasteiger partial charge in [0.2, 0.25) is 6.10 Å². The van der Waals surface area contributed by atoms with E-state index in [0.717, 1.165) is 0 Å². The highest BCUT2D eigenvalue weighted by atomic mass is 16.6. The Balaban J connectivity index is 2.60. The van der Waals surface area contributed by atoms with E-state index in [0.29, 0.717) is 5.57 Å². The second-order valence-electron chi connectivity index (χ2n) is 2.22. The number of hydrogen-bond donors (Lipinski definition) is 0. The van der Waals surface area contributed by atoms with Crippen LogP contribution in [-0.2, 0) is 19.1 Å². The number of carbonyl (C=O) groups excluding carboxylic acids is 2. The quantitative estimate of drug-likeness (QED) is 0.397. The van der Waals surface area contributed by atoms with Gasteiger partial charge in [0.05, 0.1) is 7.11 Å². The van der Waals surface area contributed by atoms with E-state index >= 15 is 0 Å². The summed E-state index contributed by atoms with van der Waals surface area (Å²) in [7, 11) is 1.25. The molecule has 0 bridgehead atoms. The van der Waals surface area contributed by atoms with Gasteiger partial charge in [0, 0.05) is 12.0 Å². The van der Waals surface area contributed by atoms with Crippen LogP contribution < -0.4 is 0 Å². The molecule has 11 heavy (non-hydrogen) atoms. The van der Waals surface area contributed by atoms with Gasteiger partial charge in [-0.15, -0.1) is 0 Å². The highest BCUT2D eigenvalue weighted by Gasteiger charge is 2.33. The molecular weight excluding hydrogens is 148 g/mol. The number of cyclic esters (lactones) is 1. The van der Waals surface area contributed by atoms with Gasteiger partial charge in [-0.25, -0.2) is 9.59 Å². The average Bonchev–Trinajstić information content (AvgIpc) is 2.31. The summed E-state index contributed by atoms with van der Waals surface area (Å²) in [5.41, 5.74) is 0.320. The second kappa shape index (κ2) is 2.74. The standard InChI is InChI=1S/C7H8O4/c1-4-3-5(7(9)10-2)11-6(4)8/h5H,1,3H2,2H3/t5-/m1/s1. The summed E-state index contributed by atoms with van der Waals surface area (Å²) < 4.78 is 8.99. The molecule has 0 radical (unpaired) electrons. The largest absolute Gasteiger partial charge is 0.466 e. The van der Waals surface area contributed by atoms with E-state index in [9.17, 15) is 9.59 Å². The van der Waals surface area contributed by atoms with Gasteiger partial charge in [0.15, 0.2) is 0 Å². The zero-order chi connectivity index (χ0) is 8.43. The van der Waals surface area contributed by atoms with E-state index in [4.69, 9.17) is 0 Å². The van der Waals surface area contributed by atoms with Crippen molar-refractivity contribution in [3.05, 3.63) is 12.2 Å². The Labute approximate surface area is 63.8 Å².